The van der Waals surface area contributed by atoms with E-state index in [1.165, 1.54) is 104 Å². The van der Waals surface area contributed by atoms with Crippen molar-refractivity contribution in [3.8, 4) is 11.1 Å². The van der Waals surface area contributed by atoms with Crippen molar-refractivity contribution in [1.82, 2.24) is 0 Å². The van der Waals surface area contributed by atoms with Crippen LogP contribution in [0, 0.1) is 0 Å². The van der Waals surface area contributed by atoms with E-state index < -0.39 is 0 Å². The second-order valence-electron chi connectivity index (χ2n) is 16.3. The summed E-state index contributed by atoms with van der Waals surface area (Å²) < 4.78 is 0. The van der Waals surface area contributed by atoms with Crippen LogP contribution in [0.15, 0.2) is 103 Å². The van der Waals surface area contributed by atoms with Crippen LogP contribution >= 0.6 is 0 Å². The van der Waals surface area contributed by atoms with Crippen LogP contribution in [0.5, 0.6) is 0 Å². The number of benzene rings is 5. The van der Waals surface area contributed by atoms with E-state index in [4.69, 9.17) is 0 Å². The van der Waals surface area contributed by atoms with Crippen molar-refractivity contribution in [2.24, 2.45) is 0 Å². The summed E-state index contributed by atoms with van der Waals surface area (Å²) in [6.07, 6.45) is 6.59. The summed E-state index contributed by atoms with van der Waals surface area (Å²) in [5.41, 5.74) is 18.1. The first kappa shape index (κ1) is 27.8. The molecule has 0 amide bonds. The second kappa shape index (κ2) is 9.22. The molecule has 3 heterocycles. The van der Waals surface area contributed by atoms with Crippen LogP contribution in [0.2, 0.25) is 0 Å². The Morgan fingerprint density at radius 1 is 0.638 bits per heavy atom. The molecule has 2 nitrogen and oxygen atoms in total. The fourth-order valence-electron chi connectivity index (χ4n) is 10.7. The van der Waals surface area contributed by atoms with Gasteiger partial charge in [0.25, 0.3) is 0 Å². The molecule has 5 aromatic carbocycles. The van der Waals surface area contributed by atoms with Gasteiger partial charge < -0.3 is 9.80 Å². The van der Waals surface area contributed by atoms with Gasteiger partial charge in [-0.25, -0.2) is 0 Å². The first-order valence-corrected chi connectivity index (χ1v) is 17.9. The van der Waals surface area contributed by atoms with Crippen LogP contribution in [0.3, 0.4) is 0 Å². The fraction of sp³-hybridized carbons (Fsp3) is 0.318. The predicted octanol–water partition coefficient (Wildman–Crippen LogP) is 8.52. The molecular weight excluding hydrogens is 567 g/mol. The summed E-state index contributed by atoms with van der Waals surface area (Å²) in [5, 5.41) is 0. The lowest BCUT2D eigenvalue weighted by Crippen LogP contribution is -2.67. The van der Waals surface area contributed by atoms with Gasteiger partial charge in [-0.05, 0) is 94.1 Å². The van der Waals surface area contributed by atoms with E-state index in [1.807, 2.05) is 0 Å². The third-order valence-electron chi connectivity index (χ3n) is 12.5. The van der Waals surface area contributed by atoms with E-state index in [0.29, 0.717) is 6.04 Å². The summed E-state index contributed by atoms with van der Waals surface area (Å²) in [5.74, 6) is 0. The summed E-state index contributed by atoms with van der Waals surface area (Å²) in [7, 11) is 0. The number of rotatable bonds is 1. The van der Waals surface area contributed by atoms with Crippen LogP contribution < -0.4 is 26.2 Å². The quantitative estimate of drug-likeness (QED) is 0.172. The van der Waals surface area contributed by atoms with E-state index in [1.54, 1.807) is 0 Å². The summed E-state index contributed by atoms with van der Waals surface area (Å²) in [6, 6.07) is 41.0. The van der Waals surface area contributed by atoms with Crippen molar-refractivity contribution in [3.05, 3.63) is 131 Å². The Labute approximate surface area is 280 Å². The molecule has 0 bridgehead atoms. The zero-order chi connectivity index (χ0) is 31.9. The van der Waals surface area contributed by atoms with Gasteiger partial charge in [0.05, 0.1) is 16.8 Å². The van der Waals surface area contributed by atoms with Gasteiger partial charge in [-0.15, -0.1) is 0 Å². The van der Waals surface area contributed by atoms with Crippen LogP contribution in [0.1, 0.15) is 94.5 Å². The number of hydrogen-bond acceptors (Lipinski definition) is 2. The highest BCUT2D eigenvalue weighted by atomic mass is 15.5. The Morgan fingerprint density at radius 3 is 1.94 bits per heavy atom. The molecule has 0 atom stereocenters. The van der Waals surface area contributed by atoms with Gasteiger partial charge in [0.2, 0.25) is 6.71 Å². The van der Waals surface area contributed by atoms with E-state index in [0.717, 1.165) is 0 Å². The topological polar surface area (TPSA) is 6.48 Å². The van der Waals surface area contributed by atoms with Gasteiger partial charge in [-0.1, -0.05) is 136 Å². The molecule has 0 saturated heterocycles. The van der Waals surface area contributed by atoms with Crippen LogP contribution in [0.4, 0.5) is 17.1 Å². The lowest BCUT2D eigenvalue weighted by molar-refractivity contribution is 0.354. The number of anilines is 3. The fourth-order valence-corrected chi connectivity index (χ4v) is 10.7. The Bertz CT molecular complexity index is 2080. The molecule has 0 N–H and O–H groups in total. The molecule has 47 heavy (non-hydrogen) atoms. The number of para-hydroxylation sites is 1. The highest BCUT2D eigenvalue weighted by Crippen LogP contribution is 2.59. The standard InChI is InChI=1S/C44H43BN2/c1-42(2,3)28-26-35-40-39(27-28)47-41-37(24-15-25-38(41)46(43(47,4)5)29-16-7-6-8-17-29)45(40)36-23-14-13-22-34(36)44(35)32-20-11-9-18-30(32)31-19-10-12-21-33(31)44/h9-15,18-27,29H,6-8,16-17H2,1-5H3. The maximum atomic E-state index is 2.83. The SMILES string of the molecule is CC(C)(C)c1cc2c3c(c1)C1(c4ccccc4B3c3cccc4c3N2C(C)(C)N4C2CCCCC2)c2ccccc2-c2ccccc21. The maximum absolute atomic E-state index is 2.83. The highest BCUT2D eigenvalue weighted by molar-refractivity contribution is 6.99. The molecule has 1 fully saturated rings. The third kappa shape index (κ3) is 3.33. The van der Waals surface area contributed by atoms with Crippen molar-refractivity contribution in [1.29, 1.82) is 0 Å². The minimum absolute atomic E-state index is 0.0104. The van der Waals surface area contributed by atoms with Crippen LogP contribution in [-0.4, -0.2) is 18.4 Å². The van der Waals surface area contributed by atoms with Crippen molar-refractivity contribution < 1.29 is 0 Å². The smallest absolute Gasteiger partial charge is 0.247 e. The molecule has 5 aromatic rings. The highest BCUT2D eigenvalue weighted by Gasteiger charge is 2.58. The van der Waals surface area contributed by atoms with Crippen LogP contribution in [0.25, 0.3) is 11.1 Å². The number of fused-ring (bicyclic) bond motifs is 11. The largest absolute Gasteiger partial charge is 0.344 e. The van der Waals surface area contributed by atoms with E-state index in [2.05, 4.69) is 148 Å². The van der Waals surface area contributed by atoms with Gasteiger partial charge in [-0.3, -0.25) is 0 Å². The molecule has 3 heteroatoms. The lowest BCUT2D eigenvalue weighted by atomic mass is 9.29. The van der Waals surface area contributed by atoms with Gasteiger partial charge in [0, 0.05) is 11.7 Å². The summed E-state index contributed by atoms with van der Waals surface area (Å²) in [6.45, 7) is 12.4. The number of nitrogens with zero attached hydrogens (tertiary/aromatic N) is 2. The average molecular weight is 611 g/mol. The third-order valence-corrected chi connectivity index (χ3v) is 12.5. The molecule has 10 rings (SSSR count). The van der Waals surface area contributed by atoms with E-state index in [9.17, 15) is 0 Å². The molecule has 3 aliphatic heterocycles. The van der Waals surface area contributed by atoms with E-state index >= 15 is 0 Å². The Kier molecular flexibility index (Phi) is 5.46. The minimum atomic E-state index is -0.381. The zero-order valence-electron chi connectivity index (χ0n) is 28.4. The first-order chi connectivity index (χ1) is 22.7. The lowest BCUT2D eigenvalue weighted by Gasteiger charge is -2.50. The zero-order valence-corrected chi connectivity index (χ0v) is 28.4. The van der Waals surface area contributed by atoms with Gasteiger partial charge in [0.1, 0.15) is 5.66 Å². The molecule has 5 aliphatic rings. The Morgan fingerprint density at radius 2 is 1.26 bits per heavy atom. The monoisotopic (exact) mass is 610 g/mol. The molecule has 232 valence electrons. The molecule has 1 spiro atoms. The van der Waals surface area contributed by atoms with Crippen LogP contribution in [-0.2, 0) is 10.8 Å². The van der Waals surface area contributed by atoms with Crippen molar-refractivity contribution in [2.45, 2.75) is 89.3 Å². The van der Waals surface area contributed by atoms with Gasteiger partial charge in [-0.2, -0.15) is 0 Å². The molecular formula is C44H43BN2. The average Bonchev–Trinajstić information content (AvgIpc) is 3.51. The Balaban J connectivity index is 1.37. The Hall–Kier alpha value is -4.24. The second-order valence-corrected chi connectivity index (χ2v) is 16.3. The molecule has 0 aromatic heterocycles. The first-order valence-electron chi connectivity index (χ1n) is 17.9. The van der Waals surface area contributed by atoms with Crippen molar-refractivity contribution >= 4 is 40.2 Å². The number of hydrogen-bond donors (Lipinski definition) is 0. The normalized spacial score (nSPS) is 19.3. The molecule has 2 aliphatic carbocycles. The summed E-state index contributed by atoms with van der Waals surface area (Å²) in [4.78, 5) is 5.62. The van der Waals surface area contributed by atoms with Crippen molar-refractivity contribution in [2.75, 3.05) is 9.80 Å². The van der Waals surface area contributed by atoms with Crippen molar-refractivity contribution in [3.63, 3.8) is 0 Å². The maximum Gasteiger partial charge on any atom is 0.247 e. The van der Waals surface area contributed by atoms with Gasteiger partial charge in [0.15, 0.2) is 0 Å². The van der Waals surface area contributed by atoms with E-state index in [-0.39, 0.29) is 23.2 Å². The summed E-state index contributed by atoms with van der Waals surface area (Å²) >= 11 is 0. The molecule has 0 radical (unpaired) electrons. The minimum Gasteiger partial charge on any atom is -0.344 e. The predicted molar refractivity (Wildman–Crippen MR) is 199 cm³/mol. The molecule has 1 saturated carbocycles. The van der Waals surface area contributed by atoms with Gasteiger partial charge >= 0.3 is 0 Å². The molecule has 0 unspecified atom stereocenters.